The minimum absolute atomic E-state index is 0.0129. The standard InChI is InChI=1S/C16H11ClO7S/c1-2-23-9-6-11-14(18)10-5-8(16(19)20)3-4-12(10)24-15(11)13(7-9)25(17,21)22/h3-7H,2H2,1H3,(H,19,20). The molecule has 1 heterocycles. The van der Waals surface area contributed by atoms with Gasteiger partial charge < -0.3 is 14.3 Å². The number of ether oxygens (including phenoxy) is 1. The quantitative estimate of drug-likeness (QED) is 0.545. The first-order chi connectivity index (χ1) is 11.7. The van der Waals surface area contributed by atoms with E-state index >= 15 is 0 Å². The van der Waals surface area contributed by atoms with Crippen molar-refractivity contribution in [1.29, 1.82) is 0 Å². The molecule has 1 aromatic heterocycles. The normalized spacial score (nSPS) is 11.8. The van der Waals surface area contributed by atoms with Gasteiger partial charge in [0.05, 0.1) is 22.9 Å². The van der Waals surface area contributed by atoms with Gasteiger partial charge in [-0.15, -0.1) is 0 Å². The highest BCUT2D eigenvalue weighted by Crippen LogP contribution is 2.31. The first kappa shape index (κ1) is 17.2. The molecule has 0 aliphatic carbocycles. The SMILES string of the molecule is CCOc1cc(S(=O)(=O)Cl)c2oc3ccc(C(=O)O)cc3c(=O)c2c1. The van der Waals surface area contributed by atoms with Crippen molar-refractivity contribution in [2.75, 3.05) is 6.61 Å². The molecule has 25 heavy (non-hydrogen) atoms. The first-order valence-corrected chi connectivity index (χ1v) is 9.38. The molecular formula is C16H11ClO7S. The van der Waals surface area contributed by atoms with Gasteiger partial charge in [-0.3, -0.25) is 4.79 Å². The zero-order valence-corrected chi connectivity index (χ0v) is 14.3. The van der Waals surface area contributed by atoms with Crippen LogP contribution < -0.4 is 10.2 Å². The molecule has 0 saturated carbocycles. The van der Waals surface area contributed by atoms with E-state index in [0.717, 1.165) is 0 Å². The average Bonchev–Trinajstić information content (AvgIpc) is 2.54. The number of carboxylic acid groups (broad SMARTS) is 1. The van der Waals surface area contributed by atoms with Crippen LogP contribution in [0, 0.1) is 0 Å². The lowest BCUT2D eigenvalue weighted by Crippen LogP contribution is -2.07. The average molecular weight is 383 g/mol. The summed E-state index contributed by atoms with van der Waals surface area (Å²) in [4.78, 5) is 23.5. The summed E-state index contributed by atoms with van der Waals surface area (Å²) in [5, 5.41) is 9.01. The van der Waals surface area contributed by atoms with Crippen molar-refractivity contribution in [1.82, 2.24) is 0 Å². The van der Waals surface area contributed by atoms with Gasteiger partial charge in [0, 0.05) is 16.7 Å². The Morgan fingerprint density at radius 3 is 2.56 bits per heavy atom. The molecule has 0 fully saturated rings. The summed E-state index contributed by atoms with van der Waals surface area (Å²) in [5.41, 5.74) is -0.833. The van der Waals surface area contributed by atoms with Crippen molar-refractivity contribution in [3.63, 3.8) is 0 Å². The number of carbonyl (C=O) groups is 1. The number of aromatic carboxylic acids is 1. The molecule has 3 aromatic rings. The van der Waals surface area contributed by atoms with Crippen LogP contribution >= 0.6 is 10.7 Å². The predicted octanol–water partition coefficient (Wildman–Crippen LogP) is 2.97. The molecule has 0 aliphatic rings. The number of halogens is 1. The molecular weight excluding hydrogens is 372 g/mol. The third kappa shape index (κ3) is 3.06. The van der Waals surface area contributed by atoms with Crippen molar-refractivity contribution in [2.24, 2.45) is 0 Å². The fourth-order valence-corrected chi connectivity index (χ4v) is 3.44. The Balaban J connectivity index is 2.50. The Morgan fingerprint density at radius 1 is 1.24 bits per heavy atom. The molecule has 7 nitrogen and oxygen atoms in total. The van der Waals surface area contributed by atoms with Crippen LogP contribution in [0.1, 0.15) is 17.3 Å². The van der Waals surface area contributed by atoms with Crippen LogP contribution in [-0.4, -0.2) is 26.1 Å². The van der Waals surface area contributed by atoms with Crippen LogP contribution in [0.5, 0.6) is 5.75 Å². The summed E-state index contributed by atoms with van der Waals surface area (Å²) in [6, 6.07) is 6.23. The monoisotopic (exact) mass is 382 g/mol. The molecule has 9 heteroatoms. The number of benzene rings is 2. The molecule has 1 N–H and O–H groups in total. The molecule has 0 spiro atoms. The lowest BCUT2D eigenvalue weighted by Gasteiger charge is -2.09. The molecule has 0 unspecified atom stereocenters. The maximum Gasteiger partial charge on any atom is 0.335 e. The Hall–Kier alpha value is -2.58. The van der Waals surface area contributed by atoms with Crippen molar-refractivity contribution in [3.05, 3.63) is 46.1 Å². The highest BCUT2D eigenvalue weighted by molar-refractivity contribution is 8.14. The van der Waals surface area contributed by atoms with Gasteiger partial charge in [0.25, 0.3) is 9.05 Å². The summed E-state index contributed by atoms with van der Waals surface area (Å²) >= 11 is 0. The van der Waals surface area contributed by atoms with Gasteiger partial charge >= 0.3 is 5.97 Å². The lowest BCUT2D eigenvalue weighted by atomic mass is 10.1. The van der Waals surface area contributed by atoms with Crippen LogP contribution in [0.15, 0.2) is 44.4 Å². The molecule has 3 rings (SSSR count). The molecule has 0 bridgehead atoms. The highest BCUT2D eigenvalue weighted by atomic mass is 35.7. The number of hydrogen-bond acceptors (Lipinski definition) is 6. The molecule has 0 radical (unpaired) electrons. The van der Waals surface area contributed by atoms with Gasteiger partial charge in [-0.25, -0.2) is 13.2 Å². The molecule has 130 valence electrons. The first-order valence-electron chi connectivity index (χ1n) is 7.07. The second kappa shape index (κ2) is 6.05. The molecule has 0 atom stereocenters. The van der Waals surface area contributed by atoms with E-state index in [4.69, 9.17) is 24.9 Å². The minimum Gasteiger partial charge on any atom is -0.494 e. The van der Waals surface area contributed by atoms with Gasteiger partial charge in [-0.2, -0.15) is 0 Å². The number of rotatable bonds is 4. The van der Waals surface area contributed by atoms with E-state index < -0.39 is 25.3 Å². The molecule has 0 aliphatic heterocycles. The third-order valence-corrected chi connectivity index (χ3v) is 4.86. The predicted molar refractivity (Wildman–Crippen MR) is 91.2 cm³/mol. The second-order valence-corrected chi connectivity index (χ2v) is 7.65. The minimum atomic E-state index is -4.21. The fourth-order valence-electron chi connectivity index (χ4n) is 2.47. The third-order valence-electron chi connectivity index (χ3n) is 3.53. The van der Waals surface area contributed by atoms with E-state index in [1.165, 1.54) is 30.3 Å². The molecule has 0 saturated heterocycles. The van der Waals surface area contributed by atoms with Crippen molar-refractivity contribution >= 4 is 47.6 Å². The van der Waals surface area contributed by atoms with Gasteiger partial charge in [0.1, 0.15) is 16.2 Å². The fraction of sp³-hybridized carbons (Fsp3) is 0.125. The summed E-state index contributed by atoms with van der Waals surface area (Å²) in [7, 11) is 1.25. The van der Waals surface area contributed by atoms with Gasteiger partial charge in [-0.1, -0.05) is 0 Å². The van der Waals surface area contributed by atoms with E-state index in [0.29, 0.717) is 0 Å². The Labute approximate surface area is 145 Å². The maximum absolute atomic E-state index is 12.8. The van der Waals surface area contributed by atoms with E-state index in [1.54, 1.807) is 6.92 Å². The summed E-state index contributed by atoms with van der Waals surface area (Å²) < 4.78 is 34.6. The van der Waals surface area contributed by atoms with E-state index in [2.05, 4.69) is 0 Å². The van der Waals surface area contributed by atoms with Crippen molar-refractivity contribution in [3.8, 4) is 5.75 Å². The summed E-state index contributed by atoms with van der Waals surface area (Å²) in [5.74, 6) is -1.07. The van der Waals surface area contributed by atoms with Gasteiger partial charge in [-0.05, 0) is 31.2 Å². The van der Waals surface area contributed by atoms with Gasteiger partial charge in [0.2, 0.25) is 5.43 Å². The smallest absolute Gasteiger partial charge is 0.335 e. The Morgan fingerprint density at radius 2 is 1.96 bits per heavy atom. The van der Waals surface area contributed by atoms with Crippen LogP contribution in [0.3, 0.4) is 0 Å². The summed E-state index contributed by atoms with van der Waals surface area (Å²) in [6.45, 7) is 1.94. The zero-order valence-electron chi connectivity index (χ0n) is 12.8. The van der Waals surface area contributed by atoms with Gasteiger partial charge in [0.15, 0.2) is 5.58 Å². The van der Waals surface area contributed by atoms with Crippen molar-refractivity contribution in [2.45, 2.75) is 11.8 Å². The topological polar surface area (TPSA) is 111 Å². The molecule has 2 aromatic carbocycles. The van der Waals surface area contributed by atoms with Crippen LogP contribution in [-0.2, 0) is 9.05 Å². The Kier molecular flexibility index (Phi) is 4.18. The molecule has 0 amide bonds. The zero-order chi connectivity index (χ0) is 18.4. The van der Waals surface area contributed by atoms with Crippen LogP contribution in [0.2, 0.25) is 0 Å². The van der Waals surface area contributed by atoms with E-state index in [9.17, 15) is 18.0 Å². The number of carboxylic acids is 1. The summed E-state index contributed by atoms with van der Waals surface area (Å²) in [6.07, 6.45) is 0. The van der Waals surface area contributed by atoms with E-state index in [-0.39, 0.29) is 39.9 Å². The van der Waals surface area contributed by atoms with Crippen LogP contribution in [0.25, 0.3) is 21.9 Å². The maximum atomic E-state index is 12.8. The highest BCUT2D eigenvalue weighted by Gasteiger charge is 2.22. The lowest BCUT2D eigenvalue weighted by molar-refractivity contribution is 0.0697. The van der Waals surface area contributed by atoms with Crippen LogP contribution in [0.4, 0.5) is 0 Å². The Bertz CT molecular complexity index is 1180. The largest absolute Gasteiger partial charge is 0.494 e. The second-order valence-electron chi connectivity index (χ2n) is 5.12. The number of hydrogen-bond donors (Lipinski definition) is 1. The number of fused-ring (bicyclic) bond motifs is 2. The van der Waals surface area contributed by atoms with E-state index in [1.807, 2.05) is 0 Å². The van der Waals surface area contributed by atoms with Crippen molar-refractivity contribution < 1.29 is 27.5 Å².